The lowest BCUT2D eigenvalue weighted by atomic mass is 9.89. The molecule has 0 spiro atoms. The van der Waals surface area contributed by atoms with Crippen molar-refractivity contribution >= 4 is 75.2 Å². The predicted molar refractivity (Wildman–Crippen MR) is 152 cm³/mol. The van der Waals surface area contributed by atoms with Crippen LogP contribution in [0.4, 0.5) is 5.13 Å². The molecule has 0 unspecified atom stereocenters. The van der Waals surface area contributed by atoms with Crippen molar-refractivity contribution in [1.29, 1.82) is 0 Å². The smallest absolute Gasteiger partial charge is 0.352 e. The number of carboxylic acid groups (broad SMARTS) is 2. The van der Waals surface area contributed by atoms with Crippen LogP contribution in [0.15, 0.2) is 52.1 Å². The van der Waals surface area contributed by atoms with Crippen molar-refractivity contribution in [2.24, 2.45) is 11.1 Å². The van der Waals surface area contributed by atoms with E-state index in [1.54, 1.807) is 12.2 Å². The van der Waals surface area contributed by atoms with Crippen LogP contribution in [0.2, 0.25) is 0 Å². The van der Waals surface area contributed by atoms with E-state index in [2.05, 4.69) is 10.1 Å². The lowest BCUT2D eigenvalue weighted by Gasteiger charge is -2.49. The minimum Gasteiger partial charge on any atom is -0.478 e. The molecule has 2 aliphatic heterocycles. The van der Waals surface area contributed by atoms with E-state index in [1.807, 2.05) is 24.3 Å². The molecule has 1 fully saturated rings. The third kappa shape index (κ3) is 6.06. The number of nitrogens with zero attached hydrogens (tertiary/aromatic N) is 3. The average Bonchev–Trinajstić information content (AvgIpc) is 3.35. The second-order valence-corrected chi connectivity index (χ2v) is 11.7. The largest absolute Gasteiger partial charge is 0.478 e. The minimum absolute atomic E-state index is 0.0891. The number of halogens is 1. The highest BCUT2D eigenvalue weighted by Crippen LogP contribution is 2.45. The van der Waals surface area contributed by atoms with Crippen molar-refractivity contribution < 1.29 is 34.2 Å². The molecule has 40 heavy (non-hydrogen) atoms. The maximum absolute atomic E-state index is 13.3. The molecule has 2 atom stereocenters. The molecule has 0 bridgehead atoms. The number of amides is 1. The molecule has 2 aromatic rings. The maximum atomic E-state index is 13.3. The summed E-state index contributed by atoms with van der Waals surface area (Å²) in [5.74, 6) is -3.78. The van der Waals surface area contributed by atoms with Crippen LogP contribution in [-0.2, 0) is 29.9 Å². The molecular weight excluding hydrogens is 580 g/mol. The number of thiazole rings is 1. The van der Waals surface area contributed by atoms with Crippen molar-refractivity contribution in [3.63, 3.8) is 0 Å². The Labute approximate surface area is 242 Å². The highest BCUT2D eigenvalue weighted by molar-refractivity contribution is 8.00. The fourth-order valence-electron chi connectivity index (χ4n) is 3.95. The molecule has 4 rings (SSSR count). The van der Waals surface area contributed by atoms with Crippen LogP contribution in [0.25, 0.3) is 6.08 Å². The Morgan fingerprint density at radius 1 is 1.25 bits per heavy atom. The van der Waals surface area contributed by atoms with E-state index >= 15 is 0 Å². The van der Waals surface area contributed by atoms with E-state index in [1.165, 1.54) is 35.9 Å². The molecule has 1 aromatic carbocycles. The quantitative estimate of drug-likeness (QED) is 0.149. The molecule has 3 heterocycles. The number of carboxylic acids is 2. The second-order valence-electron chi connectivity index (χ2n) is 9.45. The number of hydrogen-bond acceptors (Lipinski definition) is 10. The molecule has 1 saturated heterocycles. The number of alkyl halides is 1. The van der Waals surface area contributed by atoms with Crippen molar-refractivity contribution in [2.45, 2.75) is 37.1 Å². The summed E-state index contributed by atoms with van der Waals surface area (Å²) in [6, 6.07) is 7.47. The van der Waals surface area contributed by atoms with E-state index < -0.39 is 40.5 Å². The van der Waals surface area contributed by atoms with Crippen LogP contribution >= 0.6 is 34.7 Å². The van der Waals surface area contributed by atoms with Gasteiger partial charge in [0.25, 0.3) is 0 Å². The molecule has 0 radical (unpaired) electrons. The van der Waals surface area contributed by atoms with E-state index in [0.717, 1.165) is 22.5 Å². The zero-order valence-corrected chi connectivity index (χ0v) is 23.8. The number of Topliss-reactive ketones (excluding diaryl/α,β-unsaturated/α-hetero) is 1. The van der Waals surface area contributed by atoms with Crippen LogP contribution in [0.5, 0.6) is 0 Å². The van der Waals surface area contributed by atoms with Gasteiger partial charge in [0.1, 0.15) is 11.4 Å². The van der Waals surface area contributed by atoms with Gasteiger partial charge in [0.15, 0.2) is 16.6 Å². The van der Waals surface area contributed by atoms with E-state index in [4.69, 9.17) is 22.2 Å². The average molecular weight is 605 g/mol. The Hall–Kier alpha value is -3.68. The SMILES string of the molecule is CC(C)(O/N=C(\C(=O)C[C@@H]1C(=O)N2C(C(=O)O)=C(/C=C/c3ccc(CCl)cc3)CS[C@H]12)c1csc(N)n1)C(=O)O. The fraction of sp³-hybridized carbons (Fsp3) is 0.308. The molecule has 1 aromatic heterocycles. The van der Waals surface area contributed by atoms with Gasteiger partial charge >= 0.3 is 11.9 Å². The maximum Gasteiger partial charge on any atom is 0.352 e. The van der Waals surface area contributed by atoms with Crippen molar-refractivity contribution in [1.82, 2.24) is 9.88 Å². The Morgan fingerprint density at radius 3 is 2.52 bits per heavy atom. The number of β-lactam (4-membered cyclic amide) rings is 1. The number of anilines is 1. The summed E-state index contributed by atoms with van der Waals surface area (Å²) in [4.78, 5) is 60.4. The number of thioether (sulfide) groups is 1. The van der Waals surface area contributed by atoms with Gasteiger partial charge in [0, 0.05) is 23.4 Å². The number of nitrogen functional groups attached to an aromatic ring is 1. The third-order valence-corrected chi connectivity index (χ3v) is 8.58. The summed E-state index contributed by atoms with van der Waals surface area (Å²) < 4.78 is 0. The first-order valence-electron chi connectivity index (χ1n) is 11.9. The monoisotopic (exact) mass is 604 g/mol. The second kappa shape index (κ2) is 11.8. The van der Waals surface area contributed by atoms with Crippen molar-refractivity contribution in [3.8, 4) is 0 Å². The van der Waals surface area contributed by atoms with Gasteiger partial charge in [-0.25, -0.2) is 14.6 Å². The molecule has 210 valence electrons. The van der Waals surface area contributed by atoms with Gasteiger partial charge in [-0.05, 0) is 30.5 Å². The van der Waals surface area contributed by atoms with Gasteiger partial charge in [0.05, 0.1) is 11.3 Å². The summed E-state index contributed by atoms with van der Waals surface area (Å²) in [7, 11) is 0. The van der Waals surface area contributed by atoms with Gasteiger partial charge in [0.2, 0.25) is 11.5 Å². The Balaban J connectivity index is 1.54. The minimum atomic E-state index is -1.73. The number of aliphatic carboxylic acids is 2. The van der Waals surface area contributed by atoms with Gasteiger partial charge < -0.3 is 20.8 Å². The van der Waals surface area contributed by atoms with Gasteiger partial charge in [-0.1, -0.05) is 41.6 Å². The first-order chi connectivity index (χ1) is 18.9. The normalized spacial score (nSPS) is 19.4. The molecule has 2 aliphatic rings. The summed E-state index contributed by atoms with van der Waals surface area (Å²) in [6.45, 7) is 2.53. The molecule has 0 aliphatic carbocycles. The highest BCUT2D eigenvalue weighted by Gasteiger charge is 2.54. The van der Waals surface area contributed by atoms with Crippen molar-refractivity contribution in [2.75, 3.05) is 11.5 Å². The van der Waals surface area contributed by atoms with E-state index in [9.17, 15) is 29.4 Å². The molecule has 0 saturated carbocycles. The number of nitrogens with two attached hydrogens (primary N) is 1. The number of carbonyl (C=O) groups is 4. The number of hydrogen-bond donors (Lipinski definition) is 3. The Morgan fingerprint density at radius 2 is 1.95 bits per heavy atom. The van der Waals surface area contributed by atoms with Crippen LogP contribution in [0, 0.1) is 5.92 Å². The Kier molecular flexibility index (Phi) is 8.66. The standard InChI is InChI=1S/C26H25ClN4O7S2/c1-26(2,24(36)37)38-30-19(17-12-40-25(28)29-17)18(32)9-16-21(33)31-20(23(34)35)15(11-39-22(16)31)8-7-13-3-5-14(10-27)6-4-13/h3-8,12,16,22H,9-11H2,1-2H3,(H2,28,29)(H,34,35)(H,36,37)/b8-7+,30-19-/t16-,22-/m1/s1. The first-order valence-corrected chi connectivity index (χ1v) is 14.4. The molecule has 4 N–H and O–H groups in total. The molecule has 11 nitrogen and oxygen atoms in total. The lowest BCUT2D eigenvalue weighted by Crippen LogP contribution is -2.62. The zero-order valence-electron chi connectivity index (χ0n) is 21.4. The third-order valence-electron chi connectivity index (χ3n) is 6.24. The fourth-order valence-corrected chi connectivity index (χ4v) is 6.07. The summed E-state index contributed by atoms with van der Waals surface area (Å²) in [5.41, 5.74) is 5.93. The highest BCUT2D eigenvalue weighted by atomic mass is 35.5. The van der Waals surface area contributed by atoms with Crippen molar-refractivity contribution in [3.05, 3.63) is 63.8 Å². The first kappa shape index (κ1) is 29.3. The number of rotatable bonds is 11. The summed E-state index contributed by atoms with van der Waals surface area (Å²) >= 11 is 8.23. The zero-order chi connectivity index (χ0) is 29.2. The van der Waals surface area contributed by atoms with Crippen LogP contribution in [-0.4, -0.2) is 66.2 Å². The van der Waals surface area contributed by atoms with Gasteiger partial charge in [-0.2, -0.15) is 0 Å². The summed E-state index contributed by atoms with van der Waals surface area (Å²) in [5, 5.41) is 24.1. The number of oxime groups is 1. The Bertz CT molecular complexity index is 1450. The number of fused-ring (bicyclic) bond motifs is 1. The lowest BCUT2D eigenvalue weighted by molar-refractivity contribution is -0.161. The molecule has 14 heteroatoms. The number of aromatic nitrogens is 1. The number of ketones is 1. The van der Waals surface area contributed by atoms with Gasteiger partial charge in [-0.15, -0.1) is 34.7 Å². The number of allylic oxidation sites excluding steroid dienone is 1. The van der Waals surface area contributed by atoms with Crippen LogP contribution in [0.1, 0.15) is 37.1 Å². The predicted octanol–water partition coefficient (Wildman–Crippen LogP) is 3.59. The number of carbonyl (C=O) groups excluding carboxylic acids is 2. The topological polar surface area (TPSA) is 172 Å². The molecular formula is C26H25ClN4O7S2. The van der Waals surface area contributed by atoms with E-state index in [-0.39, 0.29) is 28.7 Å². The van der Waals surface area contributed by atoms with Crippen LogP contribution in [0.3, 0.4) is 0 Å². The summed E-state index contributed by atoms with van der Waals surface area (Å²) in [6.07, 6.45) is 3.14. The van der Waals surface area contributed by atoms with Crippen LogP contribution < -0.4 is 5.73 Å². The van der Waals surface area contributed by atoms with Gasteiger partial charge in [-0.3, -0.25) is 14.5 Å². The van der Waals surface area contributed by atoms with E-state index in [0.29, 0.717) is 17.2 Å². The number of benzene rings is 1. The molecule has 1 amide bonds.